The number of hydrogen-bond donors (Lipinski definition) is 2. The van der Waals surface area contributed by atoms with Gasteiger partial charge in [-0.1, -0.05) is 6.07 Å². The lowest BCUT2D eigenvalue weighted by Crippen LogP contribution is -2.19. The Hall–Kier alpha value is -2.50. The smallest absolute Gasteiger partial charge is 0.281 e. The van der Waals surface area contributed by atoms with Crippen LogP contribution >= 0.6 is 0 Å². The van der Waals surface area contributed by atoms with Gasteiger partial charge in [0.2, 0.25) is 0 Å². The van der Waals surface area contributed by atoms with Gasteiger partial charge in [-0.3, -0.25) is 14.9 Å². The second kappa shape index (κ2) is 5.01. The van der Waals surface area contributed by atoms with Gasteiger partial charge in [0.05, 0.1) is 6.21 Å². The van der Waals surface area contributed by atoms with Crippen LogP contribution in [0.15, 0.2) is 29.6 Å². The van der Waals surface area contributed by atoms with Crippen LogP contribution in [-0.4, -0.2) is 27.3 Å². The van der Waals surface area contributed by atoms with Crippen LogP contribution in [0.2, 0.25) is 0 Å². The van der Waals surface area contributed by atoms with E-state index in [9.17, 15) is 4.79 Å². The third kappa shape index (κ3) is 2.37. The standard InChI is InChI=1S/C13H13N5O/c19-13(12-10-4-1-5-11(10)16-17-12)18-15-8-9-3-2-6-14-7-9/h2-3,6-8H,1,4-5H2,(H,16,17)(H,18,19)/b15-8-. The van der Waals surface area contributed by atoms with Crippen molar-refractivity contribution in [1.82, 2.24) is 20.6 Å². The van der Waals surface area contributed by atoms with Crippen molar-refractivity contribution in [3.63, 3.8) is 0 Å². The largest absolute Gasteiger partial charge is 0.292 e. The molecule has 0 spiro atoms. The van der Waals surface area contributed by atoms with Gasteiger partial charge in [0.25, 0.3) is 5.91 Å². The Kier molecular flexibility index (Phi) is 3.06. The van der Waals surface area contributed by atoms with Gasteiger partial charge in [0.15, 0.2) is 5.69 Å². The molecular weight excluding hydrogens is 242 g/mol. The van der Waals surface area contributed by atoms with Gasteiger partial charge in [-0.2, -0.15) is 10.2 Å². The third-order valence-electron chi connectivity index (χ3n) is 3.09. The number of aryl methyl sites for hydroxylation is 1. The Morgan fingerprint density at radius 3 is 3.26 bits per heavy atom. The lowest BCUT2D eigenvalue weighted by atomic mass is 10.2. The van der Waals surface area contributed by atoms with Crippen molar-refractivity contribution in [2.24, 2.45) is 5.10 Å². The molecule has 0 unspecified atom stereocenters. The molecule has 19 heavy (non-hydrogen) atoms. The summed E-state index contributed by atoms with van der Waals surface area (Å²) in [6.45, 7) is 0. The Labute approximate surface area is 110 Å². The summed E-state index contributed by atoms with van der Waals surface area (Å²) in [6, 6.07) is 3.67. The highest BCUT2D eigenvalue weighted by molar-refractivity contribution is 5.94. The summed E-state index contributed by atoms with van der Waals surface area (Å²) in [6.07, 6.45) is 7.85. The summed E-state index contributed by atoms with van der Waals surface area (Å²) in [5.41, 5.74) is 5.86. The number of rotatable bonds is 3. The summed E-state index contributed by atoms with van der Waals surface area (Å²) in [5.74, 6) is -0.278. The van der Waals surface area contributed by atoms with Crippen LogP contribution in [0.4, 0.5) is 0 Å². The molecule has 1 aliphatic rings. The number of amides is 1. The molecule has 0 aromatic carbocycles. The minimum atomic E-state index is -0.278. The average molecular weight is 255 g/mol. The predicted octanol–water partition coefficient (Wildman–Crippen LogP) is 1.06. The minimum absolute atomic E-state index is 0.278. The fourth-order valence-corrected chi connectivity index (χ4v) is 2.18. The van der Waals surface area contributed by atoms with Crippen LogP contribution in [0.1, 0.15) is 33.7 Å². The van der Waals surface area contributed by atoms with Crippen molar-refractivity contribution in [3.8, 4) is 0 Å². The molecule has 0 fully saturated rings. The maximum Gasteiger partial charge on any atom is 0.292 e. The zero-order valence-electron chi connectivity index (χ0n) is 10.3. The van der Waals surface area contributed by atoms with Crippen LogP contribution in [0.25, 0.3) is 0 Å². The first-order valence-electron chi connectivity index (χ1n) is 6.14. The van der Waals surface area contributed by atoms with Gasteiger partial charge in [-0.15, -0.1) is 0 Å². The van der Waals surface area contributed by atoms with E-state index in [2.05, 4.69) is 25.7 Å². The van der Waals surface area contributed by atoms with Gasteiger partial charge < -0.3 is 0 Å². The van der Waals surface area contributed by atoms with Crippen molar-refractivity contribution in [2.45, 2.75) is 19.3 Å². The lowest BCUT2D eigenvalue weighted by molar-refractivity contribution is 0.0949. The fourth-order valence-electron chi connectivity index (χ4n) is 2.18. The summed E-state index contributed by atoms with van der Waals surface area (Å²) >= 11 is 0. The summed E-state index contributed by atoms with van der Waals surface area (Å²) in [5, 5.41) is 10.8. The van der Waals surface area contributed by atoms with E-state index >= 15 is 0 Å². The zero-order chi connectivity index (χ0) is 13.1. The molecule has 0 aliphatic heterocycles. The monoisotopic (exact) mass is 255 g/mol. The molecule has 6 heteroatoms. The Morgan fingerprint density at radius 2 is 2.42 bits per heavy atom. The maximum absolute atomic E-state index is 11.9. The topological polar surface area (TPSA) is 83.0 Å². The number of nitrogens with zero attached hydrogens (tertiary/aromatic N) is 3. The number of fused-ring (bicyclic) bond motifs is 1. The molecule has 96 valence electrons. The molecule has 2 aromatic rings. The van der Waals surface area contributed by atoms with E-state index in [4.69, 9.17) is 0 Å². The minimum Gasteiger partial charge on any atom is -0.281 e. The number of carbonyl (C=O) groups is 1. The third-order valence-corrected chi connectivity index (χ3v) is 3.09. The number of aromatic amines is 1. The molecule has 3 rings (SSSR count). The van der Waals surface area contributed by atoms with E-state index in [1.54, 1.807) is 18.6 Å². The number of aromatic nitrogens is 3. The van der Waals surface area contributed by atoms with E-state index < -0.39 is 0 Å². The normalized spacial score (nSPS) is 13.7. The maximum atomic E-state index is 11.9. The van der Waals surface area contributed by atoms with E-state index in [0.717, 1.165) is 36.1 Å². The average Bonchev–Trinajstić information content (AvgIpc) is 3.02. The molecule has 6 nitrogen and oxygen atoms in total. The summed E-state index contributed by atoms with van der Waals surface area (Å²) in [7, 11) is 0. The molecule has 0 bridgehead atoms. The fraction of sp³-hybridized carbons (Fsp3) is 0.231. The first kappa shape index (κ1) is 11.6. The number of nitrogens with one attached hydrogen (secondary N) is 2. The Balaban J connectivity index is 1.67. The van der Waals surface area contributed by atoms with Gasteiger partial charge in [-0.25, -0.2) is 5.43 Å². The first-order chi connectivity index (χ1) is 9.34. The molecule has 2 aromatic heterocycles. The second-order valence-corrected chi connectivity index (χ2v) is 4.37. The molecule has 0 atom stereocenters. The van der Waals surface area contributed by atoms with Gasteiger partial charge in [0.1, 0.15) is 0 Å². The Bertz CT molecular complexity index is 617. The van der Waals surface area contributed by atoms with Crippen LogP contribution < -0.4 is 5.43 Å². The number of carbonyl (C=O) groups excluding carboxylic acids is 1. The van der Waals surface area contributed by atoms with Crippen LogP contribution in [-0.2, 0) is 12.8 Å². The van der Waals surface area contributed by atoms with Crippen molar-refractivity contribution in [1.29, 1.82) is 0 Å². The number of hydrogen-bond acceptors (Lipinski definition) is 4. The molecule has 1 aliphatic carbocycles. The van der Waals surface area contributed by atoms with Gasteiger partial charge in [0, 0.05) is 29.2 Å². The van der Waals surface area contributed by atoms with E-state index in [-0.39, 0.29) is 5.91 Å². The van der Waals surface area contributed by atoms with Gasteiger partial charge in [-0.05, 0) is 25.3 Å². The summed E-state index contributed by atoms with van der Waals surface area (Å²) < 4.78 is 0. The molecule has 0 saturated heterocycles. The molecule has 2 heterocycles. The van der Waals surface area contributed by atoms with Crippen LogP contribution in [0.5, 0.6) is 0 Å². The highest BCUT2D eigenvalue weighted by Gasteiger charge is 2.22. The first-order valence-corrected chi connectivity index (χ1v) is 6.14. The van der Waals surface area contributed by atoms with E-state index in [1.807, 2.05) is 12.1 Å². The molecule has 0 saturated carbocycles. The zero-order valence-corrected chi connectivity index (χ0v) is 10.3. The van der Waals surface area contributed by atoms with E-state index in [1.165, 1.54) is 0 Å². The number of H-pyrrole nitrogens is 1. The van der Waals surface area contributed by atoms with Crippen molar-refractivity contribution >= 4 is 12.1 Å². The van der Waals surface area contributed by atoms with Crippen molar-refractivity contribution < 1.29 is 4.79 Å². The lowest BCUT2D eigenvalue weighted by Gasteiger charge is -1.97. The van der Waals surface area contributed by atoms with Crippen LogP contribution in [0, 0.1) is 0 Å². The van der Waals surface area contributed by atoms with Crippen molar-refractivity contribution in [2.75, 3.05) is 0 Å². The van der Waals surface area contributed by atoms with Crippen molar-refractivity contribution in [3.05, 3.63) is 47.0 Å². The number of hydrazone groups is 1. The SMILES string of the molecule is O=C(N/N=C\c1cccnc1)c1n[nH]c2c1CCC2. The van der Waals surface area contributed by atoms with Crippen LogP contribution in [0.3, 0.4) is 0 Å². The highest BCUT2D eigenvalue weighted by atomic mass is 16.2. The van der Waals surface area contributed by atoms with Gasteiger partial charge >= 0.3 is 0 Å². The molecule has 0 radical (unpaired) electrons. The Morgan fingerprint density at radius 1 is 1.47 bits per heavy atom. The quantitative estimate of drug-likeness (QED) is 0.635. The second-order valence-electron chi connectivity index (χ2n) is 4.37. The molecular formula is C13H13N5O. The van der Waals surface area contributed by atoms with E-state index in [0.29, 0.717) is 5.69 Å². The molecule has 1 amide bonds. The highest BCUT2D eigenvalue weighted by Crippen LogP contribution is 2.22. The number of pyridine rings is 1. The summed E-state index contributed by atoms with van der Waals surface area (Å²) in [4.78, 5) is 15.9. The molecule has 2 N–H and O–H groups in total. The predicted molar refractivity (Wildman–Crippen MR) is 69.9 cm³/mol.